The third-order valence-corrected chi connectivity index (χ3v) is 3.19. The minimum absolute atomic E-state index is 0.750. The molecule has 1 N–H and O–H groups in total. The van der Waals surface area contributed by atoms with Gasteiger partial charge in [-0.15, -0.1) is 0 Å². The van der Waals surface area contributed by atoms with Crippen LogP contribution in [0.1, 0.15) is 30.3 Å². The van der Waals surface area contributed by atoms with Crippen LogP contribution in [-0.2, 0) is 13.6 Å². The van der Waals surface area contributed by atoms with Crippen LogP contribution in [0.15, 0.2) is 18.5 Å². The molecule has 2 rings (SSSR count). The van der Waals surface area contributed by atoms with Gasteiger partial charge < -0.3 is 10.1 Å². The van der Waals surface area contributed by atoms with Gasteiger partial charge in [0.15, 0.2) is 5.75 Å². The van der Waals surface area contributed by atoms with Crippen LogP contribution >= 0.6 is 0 Å². The molecule has 0 aliphatic rings. The highest BCUT2D eigenvalue weighted by Crippen LogP contribution is 2.27. The molecule has 0 amide bonds. The van der Waals surface area contributed by atoms with Crippen molar-refractivity contribution < 1.29 is 4.74 Å². The van der Waals surface area contributed by atoms with E-state index < -0.39 is 0 Å². The molecule has 0 aliphatic carbocycles. The molecule has 20 heavy (non-hydrogen) atoms. The van der Waals surface area contributed by atoms with E-state index in [9.17, 15) is 0 Å². The zero-order chi connectivity index (χ0) is 14.5. The van der Waals surface area contributed by atoms with E-state index in [0.717, 1.165) is 48.0 Å². The lowest BCUT2D eigenvalue weighted by atomic mass is 10.2. The van der Waals surface area contributed by atoms with Crippen LogP contribution in [0.4, 0.5) is 0 Å². The number of nitrogens with one attached hydrogen (secondary N) is 1. The molecular formula is C15H22N4O. The van der Waals surface area contributed by atoms with Gasteiger partial charge in [-0.1, -0.05) is 6.92 Å². The quantitative estimate of drug-likeness (QED) is 0.823. The van der Waals surface area contributed by atoms with Crippen molar-refractivity contribution in [2.75, 3.05) is 6.54 Å². The summed E-state index contributed by atoms with van der Waals surface area (Å²) in [6.07, 6.45) is 4.71. The molecule has 2 heterocycles. The Morgan fingerprint density at radius 3 is 2.75 bits per heavy atom. The molecule has 0 saturated heterocycles. The minimum Gasteiger partial charge on any atom is -0.452 e. The lowest BCUT2D eigenvalue weighted by Crippen LogP contribution is -2.13. The largest absolute Gasteiger partial charge is 0.452 e. The maximum atomic E-state index is 5.93. The average molecular weight is 274 g/mol. The molecule has 5 heteroatoms. The van der Waals surface area contributed by atoms with E-state index in [0.29, 0.717) is 0 Å². The second-order valence-corrected chi connectivity index (χ2v) is 4.93. The Morgan fingerprint density at radius 2 is 2.10 bits per heavy atom. The number of nitrogens with zero attached hydrogens (tertiary/aromatic N) is 3. The monoisotopic (exact) mass is 274 g/mol. The smallest absolute Gasteiger partial charge is 0.171 e. The molecule has 0 fully saturated rings. The number of aromatic nitrogens is 3. The number of ether oxygens (including phenoxy) is 1. The van der Waals surface area contributed by atoms with Gasteiger partial charge in [-0.2, -0.15) is 5.10 Å². The van der Waals surface area contributed by atoms with E-state index in [1.807, 2.05) is 37.8 Å². The molecule has 0 atom stereocenters. The van der Waals surface area contributed by atoms with Crippen LogP contribution < -0.4 is 10.1 Å². The molecule has 0 spiro atoms. The van der Waals surface area contributed by atoms with Crippen molar-refractivity contribution in [3.8, 4) is 11.5 Å². The Hall–Kier alpha value is -1.88. The minimum atomic E-state index is 0.750. The molecular weight excluding hydrogens is 252 g/mol. The summed E-state index contributed by atoms with van der Waals surface area (Å²) in [5, 5.41) is 7.71. The second kappa shape index (κ2) is 6.52. The molecule has 2 aromatic heterocycles. The predicted octanol–water partition coefficient (Wildman–Crippen LogP) is 2.72. The molecule has 0 aliphatic heterocycles. The summed E-state index contributed by atoms with van der Waals surface area (Å²) in [6, 6.07) is 2.02. The van der Waals surface area contributed by atoms with Gasteiger partial charge in [0.25, 0.3) is 0 Å². The molecule has 0 saturated carbocycles. The SMILES string of the molecule is CCCNCc1cncc(Oc2c(C)nn(C)c2C)c1. The van der Waals surface area contributed by atoms with Crippen molar-refractivity contribution in [1.82, 2.24) is 20.1 Å². The lowest BCUT2D eigenvalue weighted by Gasteiger charge is -2.08. The van der Waals surface area contributed by atoms with Crippen molar-refractivity contribution in [1.29, 1.82) is 0 Å². The summed E-state index contributed by atoms with van der Waals surface area (Å²) in [5.74, 6) is 1.56. The Balaban J connectivity index is 2.11. The van der Waals surface area contributed by atoms with Crippen LogP contribution in [-0.4, -0.2) is 21.3 Å². The lowest BCUT2D eigenvalue weighted by molar-refractivity contribution is 0.470. The van der Waals surface area contributed by atoms with E-state index in [1.54, 1.807) is 6.20 Å². The first-order valence-corrected chi connectivity index (χ1v) is 6.94. The van der Waals surface area contributed by atoms with Crippen molar-refractivity contribution in [3.63, 3.8) is 0 Å². The summed E-state index contributed by atoms with van der Waals surface area (Å²) < 4.78 is 7.76. The fourth-order valence-electron chi connectivity index (χ4n) is 2.05. The van der Waals surface area contributed by atoms with Gasteiger partial charge in [0.2, 0.25) is 0 Å². The summed E-state index contributed by atoms with van der Waals surface area (Å²) in [6.45, 7) is 7.91. The first-order valence-electron chi connectivity index (χ1n) is 6.94. The molecule has 0 radical (unpaired) electrons. The molecule has 5 nitrogen and oxygen atoms in total. The number of aryl methyl sites for hydroxylation is 2. The summed E-state index contributed by atoms with van der Waals surface area (Å²) >= 11 is 0. The highest BCUT2D eigenvalue weighted by Gasteiger charge is 2.12. The topological polar surface area (TPSA) is 52.0 Å². The maximum Gasteiger partial charge on any atom is 0.171 e. The Morgan fingerprint density at radius 1 is 1.30 bits per heavy atom. The third kappa shape index (κ3) is 3.36. The molecule has 2 aromatic rings. The molecule has 0 aromatic carbocycles. The second-order valence-electron chi connectivity index (χ2n) is 4.93. The Kier molecular flexibility index (Phi) is 4.74. The first-order chi connectivity index (χ1) is 9.61. The summed E-state index contributed by atoms with van der Waals surface area (Å²) in [4.78, 5) is 4.23. The fourth-order valence-corrected chi connectivity index (χ4v) is 2.05. The zero-order valence-corrected chi connectivity index (χ0v) is 12.6. The fraction of sp³-hybridized carbons (Fsp3) is 0.467. The highest BCUT2D eigenvalue weighted by atomic mass is 16.5. The van der Waals surface area contributed by atoms with E-state index in [1.165, 1.54) is 0 Å². The van der Waals surface area contributed by atoms with Crippen LogP contribution in [0.2, 0.25) is 0 Å². The van der Waals surface area contributed by atoms with Gasteiger partial charge >= 0.3 is 0 Å². The van der Waals surface area contributed by atoms with E-state index in [4.69, 9.17) is 4.74 Å². The standard InChI is InChI=1S/C15H22N4O/c1-5-6-16-8-13-7-14(10-17-9-13)20-15-11(2)18-19(4)12(15)3/h7,9-10,16H,5-6,8H2,1-4H3. The van der Waals surface area contributed by atoms with Gasteiger partial charge in [-0.3, -0.25) is 9.67 Å². The van der Waals surface area contributed by atoms with Crippen molar-refractivity contribution in [2.24, 2.45) is 7.05 Å². The summed E-state index contributed by atoms with van der Waals surface area (Å²) in [7, 11) is 1.92. The predicted molar refractivity (Wildman–Crippen MR) is 79.0 cm³/mol. The van der Waals surface area contributed by atoms with Gasteiger partial charge in [0, 0.05) is 19.8 Å². The van der Waals surface area contributed by atoms with Crippen LogP contribution in [0, 0.1) is 13.8 Å². The van der Waals surface area contributed by atoms with E-state index in [2.05, 4.69) is 22.3 Å². The first kappa shape index (κ1) is 14.5. The normalized spacial score (nSPS) is 10.8. The number of hydrogen-bond acceptors (Lipinski definition) is 4. The van der Waals surface area contributed by atoms with Gasteiger partial charge in [0.05, 0.1) is 11.9 Å². The highest BCUT2D eigenvalue weighted by molar-refractivity contribution is 5.37. The summed E-state index contributed by atoms with van der Waals surface area (Å²) in [5.41, 5.74) is 3.02. The van der Waals surface area contributed by atoms with Gasteiger partial charge in [0.1, 0.15) is 11.4 Å². The number of rotatable bonds is 6. The van der Waals surface area contributed by atoms with Crippen LogP contribution in [0.25, 0.3) is 0 Å². The van der Waals surface area contributed by atoms with E-state index in [-0.39, 0.29) is 0 Å². The molecule has 108 valence electrons. The Labute approximate surface area is 120 Å². The van der Waals surface area contributed by atoms with Crippen LogP contribution in [0.5, 0.6) is 11.5 Å². The zero-order valence-electron chi connectivity index (χ0n) is 12.6. The maximum absolute atomic E-state index is 5.93. The van der Waals surface area contributed by atoms with Gasteiger partial charge in [-0.05, 0) is 38.4 Å². The van der Waals surface area contributed by atoms with E-state index >= 15 is 0 Å². The van der Waals surface area contributed by atoms with Crippen molar-refractivity contribution in [3.05, 3.63) is 35.4 Å². The Bertz CT molecular complexity index is 577. The third-order valence-electron chi connectivity index (χ3n) is 3.19. The number of hydrogen-bond donors (Lipinski definition) is 1. The number of pyridine rings is 1. The van der Waals surface area contributed by atoms with Crippen LogP contribution in [0.3, 0.4) is 0 Å². The van der Waals surface area contributed by atoms with Crippen molar-refractivity contribution in [2.45, 2.75) is 33.7 Å². The van der Waals surface area contributed by atoms with Gasteiger partial charge in [-0.25, -0.2) is 0 Å². The molecule has 0 unspecified atom stereocenters. The van der Waals surface area contributed by atoms with Crippen molar-refractivity contribution >= 4 is 0 Å². The molecule has 0 bridgehead atoms. The average Bonchev–Trinajstić information content (AvgIpc) is 2.66.